The van der Waals surface area contributed by atoms with Gasteiger partial charge in [0.15, 0.2) is 0 Å². The summed E-state index contributed by atoms with van der Waals surface area (Å²) in [4.78, 5) is 2.73. The monoisotopic (exact) mass is 238 g/mol. The number of hydrogen-bond donors (Lipinski definition) is 1. The first kappa shape index (κ1) is 13.4. The molecule has 100 valence electrons. The van der Waals surface area contributed by atoms with Crippen molar-refractivity contribution in [2.45, 2.75) is 64.8 Å². The molecule has 0 aromatic carbocycles. The van der Waals surface area contributed by atoms with Gasteiger partial charge in [-0.05, 0) is 57.0 Å². The van der Waals surface area contributed by atoms with Crippen LogP contribution < -0.4 is 5.32 Å². The maximum Gasteiger partial charge on any atom is 0.0306 e. The second-order valence-electron chi connectivity index (χ2n) is 6.33. The van der Waals surface area contributed by atoms with Crippen LogP contribution in [0.4, 0.5) is 0 Å². The summed E-state index contributed by atoms with van der Waals surface area (Å²) in [7, 11) is 0. The SMILES string of the molecule is CCC1(CC)CCN(CC2(CC)CCCN2)C1. The molecule has 1 atom stereocenters. The highest BCUT2D eigenvalue weighted by Crippen LogP contribution is 2.38. The zero-order chi connectivity index (χ0) is 12.4. The van der Waals surface area contributed by atoms with Crippen molar-refractivity contribution < 1.29 is 0 Å². The van der Waals surface area contributed by atoms with Gasteiger partial charge < -0.3 is 10.2 Å². The van der Waals surface area contributed by atoms with Crippen molar-refractivity contribution in [3.63, 3.8) is 0 Å². The fourth-order valence-corrected chi connectivity index (χ4v) is 3.84. The lowest BCUT2D eigenvalue weighted by atomic mass is 9.82. The van der Waals surface area contributed by atoms with Crippen molar-refractivity contribution in [3.8, 4) is 0 Å². The van der Waals surface area contributed by atoms with Gasteiger partial charge in [0.1, 0.15) is 0 Å². The van der Waals surface area contributed by atoms with Crippen LogP contribution in [0.3, 0.4) is 0 Å². The molecule has 0 saturated carbocycles. The lowest BCUT2D eigenvalue weighted by Gasteiger charge is -2.34. The highest BCUT2D eigenvalue weighted by molar-refractivity contribution is 4.97. The Bertz CT molecular complexity index is 239. The van der Waals surface area contributed by atoms with Crippen LogP contribution >= 0.6 is 0 Å². The fraction of sp³-hybridized carbons (Fsp3) is 1.00. The van der Waals surface area contributed by atoms with E-state index in [9.17, 15) is 0 Å². The van der Waals surface area contributed by atoms with Gasteiger partial charge in [-0.25, -0.2) is 0 Å². The third-order valence-corrected chi connectivity index (χ3v) is 5.55. The van der Waals surface area contributed by atoms with Gasteiger partial charge in [0, 0.05) is 18.6 Å². The standard InChI is InChI=1S/C15H30N2/c1-4-14(5-2)9-11-17(12-14)13-15(6-3)8-7-10-16-15/h16H,4-13H2,1-3H3. The normalized spacial score (nSPS) is 33.4. The summed E-state index contributed by atoms with van der Waals surface area (Å²) in [6.07, 6.45) is 8.16. The number of nitrogens with zero attached hydrogens (tertiary/aromatic N) is 1. The molecule has 0 aliphatic carbocycles. The highest BCUT2D eigenvalue weighted by Gasteiger charge is 2.39. The molecule has 2 fully saturated rings. The van der Waals surface area contributed by atoms with E-state index < -0.39 is 0 Å². The first-order valence-electron chi connectivity index (χ1n) is 7.65. The van der Waals surface area contributed by atoms with Crippen molar-refractivity contribution in [1.29, 1.82) is 0 Å². The van der Waals surface area contributed by atoms with Crippen LogP contribution in [-0.4, -0.2) is 36.6 Å². The molecule has 0 spiro atoms. The zero-order valence-electron chi connectivity index (χ0n) is 12.0. The van der Waals surface area contributed by atoms with Crippen molar-refractivity contribution in [3.05, 3.63) is 0 Å². The molecule has 17 heavy (non-hydrogen) atoms. The molecule has 2 aliphatic heterocycles. The molecule has 2 saturated heterocycles. The molecular weight excluding hydrogens is 208 g/mol. The average Bonchev–Trinajstić information content (AvgIpc) is 2.98. The topological polar surface area (TPSA) is 15.3 Å². The summed E-state index contributed by atoms with van der Waals surface area (Å²) in [6.45, 7) is 12.3. The molecule has 2 rings (SSSR count). The predicted octanol–water partition coefficient (Wildman–Crippen LogP) is 3.03. The van der Waals surface area contributed by atoms with E-state index in [0.29, 0.717) is 11.0 Å². The predicted molar refractivity (Wildman–Crippen MR) is 74.3 cm³/mol. The summed E-state index contributed by atoms with van der Waals surface area (Å²) >= 11 is 0. The van der Waals surface area contributed by atoms with Crippen LogP contribution in [0.1, 0.15) is 59.3 Å². The third-order valence-electron chi connectivity index (χ3n) is 5.55. The van der Waals surface area contributed by atoms with E-state index in [1.54, 1.807) is 0 Å². The smallest absolute Gasteiger partial charge is 0.0306 e. The Hall–Kier alpha value is -0.0800. The van der Waals surface area contributed by atoms with Crippen LogP contribution in [0.15, 0.2) is 0 Å². The van der Waals surface area contributed by atoms with Gasteiger partial charge in [-0.2, -0.15) is 0 Å². The number of hydrogen-bond acceptors (Lipinski definition) is 2. The average molecular weight is 238 g/mol. The fourth-order valence-electron chi connectivity index (χ4n) is 3.84. The van der Waals surface area contributed by atoms with Crippen molar-refractivity contribution in [2.75, 3.05) is 26.2 Å². The minimum absolute atomic E-state index is 0.442. The molecule has 2 aliphatic rings. The van der Waals surface area contributed by atoms with Gasteiger partial charge in [-0.15, -0.1) is 0 Å². The minimum atomic E-state index is 0.442. The van der Waals surface area contributed by atoms with Gasteiger partial charge in [0.25, 0.3) is 0 Å². The van der Waals surface area contributed by atoms with E-state index in [1.807, 2.05) is 0 Å². The van der Waals surface area contributed by atoms with Crippen molar-refractivity contribution >= 4 is 0 Å². The summed E-state index contributed by atoms with van der Waals surface area (Å²) in [5.41, 5.74) is 1.07. The molecule has 1 N–H and O–H groups in total. The first-order valence-corrected chi connectivity index (χ1v) is 7.65. The lowest BCUT2D eigenvalue weighted by molar-refractivity contribution is 0.187. The zero-order valence-corrected chi connectivity index (χ0v) is 12.0. The van der Waals surface area contributed by atoms with Gasteiger partial charge in [0.05, 0.1) is 0 Å². The van der Waals surface area contributed by atoms with E-state index in [-0.39, 0.29) is 0 Å². The summed E-state index contributed by atoms with van der Waals surface area (Å²) in [5.74, 6) is 0. The second kappa shape index (κ2) is 5.27. The lowest BCUT2D eigenvalue weighted by Crippen LogP contribution is -2.49. The van der Waals surface area contributed by atoms with Crippen molar-refractivity contribution in [2.24, 2.45) is 5.41 Å². The molecule has 0 amide bonds. The first-order chi connectivity index (χ1) is 8.17. The van der Waals surface area contributed by atoms with E-state index in [4.69, 9.17) is 0 Å². The second-order valence-corrected chi connectivity index (χ2v) is 6.33. The maximum absolute atomic E-state index is 3.77. The Morgan fingerprint density at radius 2 is 1.82 bits per heavy atom. The van der Waals surface area contributed by atoms with E-state index in [2.05, 4.69) is 31.0 Å². The molecule has 1 unspecified atom stereocenters. The molecule has 2 nitrogen and oxygen atoms in total. The van der Waals surface area contributed by atoms with Gasteiger partial charge >= 0.3 is 0 Å². The van der Waals surface area contributed by atoms with Crippen LogP contribution in [0, 0.1) is 5.41 Å². The van der Waals surface area contributed by atoms with Gasteiger partial charge in [-0.3, -0.25) is 0 Å². The minimum Gasteiger partial charge on any atom is -0.310 e. The Labute approximate surface area is 107 Å². The number of rotatable bonds is 5. The Morgan fingerprint density at radius 3 is 2.29 bits per heavy atom. The Morgan fingerprint density at radius 1 is 1.06 bits per heavy atom. The van der Waals surface area contributed by atoms with Crippen LogP contribution in [-0.2, 0) is 0 Å². The number of nitrogens with one attached hydrogen (secondary N) is 1. The maximum atomic E-state index is 3.77. The van der Waals surface area contributed by atoms with E-state index in [1.165, 1.54) is 64.7 Å². The molecule has 0 bridgehead atoms. The van der Waals surface area contributed by atoms with E-state index >= 15 is 0 Å². The van der Waals surface area contributed by atoms with Crippen molar-refractivity contribution in [1.82, 2.24) is 10.2 Å². The number of likely N-dealkylation sites (tertiary alicyclic amines) is 1. The van der Waals surface area contributed by atoms with Gasteiger partial charge in [-0.1, -0.05) is 20.8 Å². The largest absolute Gasteiger partial charge is 0.310 e. The van der Waals surface area contributed by atoms with Gasteiger partial charge in [0.2, 0.25) is 0 Å². The summed E-state index contributed by atoms with van der Waals surface area (Å²) < 4.78 is 0. The van der Waals surface area contributed by atoms with Crippen LogP contribution in [0.5, 0.6) is 0 Å². The van der Waals surface area contributed by atoms with E-state index in [0.717, 1.165) is 0 Å². The molecule has 2 heterocycles. The Kier molecular flexibility index (Phi) is 4.14. The summed E-state index contributed by atoms with van der Waals surface area (Å²) in [6, 6.07) is 0. The van der Waals surface area contributed by atoms with Crippen LogP contribution in [0.25, 0.3) is 0 Å². The van der Waals surface area contributed by atoms with Crippen LogP contribution in [0.2, 0.25) is 0 Å². The third kappa shape index (κ3) is 2.68. The molecule has 0 radical (unpaired) electrons. The molecule has 0 aromatic rings. The highest BCUT2D eigenvalue weighted by atomic mass is 15.2. The quantitative estimate of drug-likeness (QED) is 0.792. The molecule has 0 aromatic heterocycles. The molecular formula is C15H30N2. The summed E-state index contributed by atoms with van der Waals surface area (Å²) in [5, 5.41) is 3.77. The Balaban J connectivity index is 1.92. The molecule has 2 heteroatoms.